The first-order valence-corrected chi connectivity index (χ1v) is 8.38. The Morgan fingerprint density at radius 1 is 0.458 bits per heavy atom. The molecule has 0 N–H and O–H groups in total. The molecule has 0 aliphatic rings. The lowest BCUT2D eigenvalue weighted by Gasteiger charge is -2.12. The summed E-state index contributed by atoms with van der Waals surface area (Å²) in [5.74, 6) is 0. The highest BCUT2D eigenvalue weighted by Crippen LogP contribution is 2.35. The highest BCUT2D eigenvalue weighted by molar-refractivity contribution is 6.04. The number of fused-ring (bicyclic) bond motifs is 1. The van der Waals surface area contributed by atoms with Crippen LogP contribution in [0.2, 0.25) is 0 Å². The van der Waals surface area contributed by atoms with Crippen LogP contribution < -0.4 is 0 Å². The Balaban J connectivity index is 1.98. The third-order valence-electron chi connectivity index (χ3n) is 4.58. The van der Waals surface area contributed by atoms with Crippen LogP contribution in [0.1, 0.15) is 11.1 Å². The summed E-state index contributed by atoms with van der Waals surface area (Å²) >= 11 is 0. The van der Waals surface area contributed by atoms with Crippen molar-refractivity contribution in [2.24, 2.45) is 0 Å². The van der Waals surface area contributed by atoms with Crippen molar-refractivity contribution in [3.8, 4) is 22.3 Å². The second-order valence-electron chi connectivity index (χ2n) is 6.45. The molecule has 24 heavy (non-hydrogen) atoms. The molecule has 0 spiro atoms. The van der Waals surface area contributed by atoms with Gasteiger partial charge >= 0.3 is 0 Å². The molecule has 0 bridgehead atoms. The Morgan fingerprint density at radius 2 is 0.875 bits per heavy atom. The first-order chi connectivity index (χ1) is 11.7. The molecule has 0 aliphatic heterocycles. The molecule has 116 valence electrons. The Labute approximate surface area is 143 Å². The van der Waals surface area contributed by atoms with Crippen molar-refractivity contribution in [1.82, 2.24) is 0 Å². The van der Waals surface area contributed by atoms with Crippen molar-refractivity contribution in [2.45, 2.75) is 13.8 Å². The van der Waals surface area contributed by atoms with Gasteiger partial charge in [0, 0.05) is 0 Å². The standard InChI is InChI=1S/C24H20/c1-17-7-3-9-19(15-17)21-11-5-14-24-22(12-6-13-23(21)24)20-10-4-8-18(2)16-20/h3-16H,1-2H3. The van der Waals surface area contributed by atoms with E-state index in [1.165, 1.54) is 44.2 Å². The minimum atomic E-state index is 1.28. The molecule has 0 aromatic heterocycles. The lowest BCUT2D eigenvalue weighted by atomic mass is 9.92. The minimum Gasteiger partial charge on any atom is -0.0614 e. The van der Waals surface area contributed by atoms with Gasteiger partial charge in [-0.05, 0) is 46.9 Å². The fourth-order valence-corrected chi connectivity index (χ4v) is 3.44. The van der Waals surface area contributed by atoms with Crippen molar-refractivity contribution in [1.29, 1.82) is 0 Å². The van der Waals surface area contributed by atoms with Gasteiger partial charge in [0.15, 0.2) is 0 Å². The van der Waals surface area contributed by atoms with E-state index in [2.05, 4.69) is 98.8 Å². The molecular weight excluding hydrogens is 288 g/mol. The number of aryl methyl sites for hydroxylation is 2. The van der Waals surface area contributed by atoms with E-state index in [-0.39, 0.29) is 0 Å². The van der Waals surface area contributed by atoms with Crippen LogP contribution in [0.15, 0.2) is 84.9 Å². The maximum absolute atomic E-state index is 2.26. The van der Waals surface area contributed by atoms with Crippen molar-refractivity contribution in [3.05, 3.63) is 96.1 Å². The summed E-state index contributed by atoms with van der Waals surface area (Å²) in [5, 5.41) is 2.62. The Morgan fingerprint density at radius 3 is 1.29 bits per heavy atom. The van der Waals surface area contributed by atoms with Crippen molar-refractivity contribution >= 4 is 10.8 Å². The summed E-state index contributed by atoms with van der Waals surface area (Å²) < 4.78 is 0. The first-order valence-electron chi connectivity index (χ1n) is 8.38. The molecular formula is C24H20. The Hall–Kier alpha value is -2.86. The van der Waals surface area contributed by atoms with Gasteiger partial charge in [-0.25, -0.2) is 0 Å². The van der Waals surface area contributed by atoms with E-state index in [1.54, 1.807) is 0 Å². The van der Waals surface area contributed by atoms with E-state index >= 15 is 0 Å². The average Bonchev–Trinajstić information content (AvgIpc) is 2.60. The van der Waals surface area contributed by atoms with Gasteiger partial charge in [-0.15, -0.1) is 0 Å². The van der Waals surface area contributed by atoms with E-state index in [0.29, 0.717) is 0 Å². The van der Waals surface area contributed by atoms with E-state index in [0.717, 1.165) is 0 Å². The summed E-state index contributed by atoms with van der Waals surface area (Å²) in [5.41, 5.74) is 7.74. The predicted molar refractivity (Wildman–Crippen MR) is 104 cm³/mol. The third kappa shape index (κ3) is 2.61. The molecule has 4 rings (SSSR count). The molecule has 0 amide bonds. The predicted octanol–water partition coefficient (Wildman–Crippen LogP) is 6.79. The number of rotatable bonds is 2. The highest BCUT2D eigenvalue weighted by Gasteiger charge is 2.08. The summed E-state index contributed by atoms with van der Waals surface area (Å²) in [6, 6.07) is 30.7. The summed E-state index contributed by atoms with van der Waals surface area (Å²) in [6.07, 6.45) is 0. The molecule has 0 nitrogen and oxygen atoms in total. The van der Waals surface area contributed by atoms with E-state index in [4.69, 9.17) is 0 Å². The van der Waals surface area contributed by atoms with Crippen LogP contribution >= 0.6 is 0 Å². The number of hydrogen-bond donors (Lipinski definition) is 0. The molecule has 0 fully saturated rings. The van der Waals surface area contributed by atoms with Gasteiger partial charge in [0.1, 0.15) is 0 Å². The van der Waals surface area contributed by atoms with Crippen LogP contribution in [0.25, 0.3) is 33.0 Å². The van der Waals surface area contributed by atoms with E-state index in [9.17, 15) is 0 Å². The number of benzene rings is 4. The molecule has 0 heteroatoms. The van der Waals surface area contributed by atoms with Crippen LogP contribution in [0.5, 0.6) is 0 Å². The Bertz CT molecular complexity index is 940. The SMILES string of the molecule is Cc1cccc(-c2cccc3c(-c4cccc(C)c4)cccc23)c1. The monoisotopic (exact) mass is 308 g/mol. The number of hydrogen-bond acceptors (Lipinski definition) is 0. The zero-order valence-corrected chi connectivity index (χ0v) is 14.1. The summed E-state index contributed by atoms with van der Waals surface area (Å²) in [7, 11) is 0. The molecule has 0 atom stereocenters. The molecule has 0 unspecified atom stereocenters. The molecule has 4 aromatic carbocycles. The van der Waals surface area contributed by atoms with Gasteiger partial charge in [0.2, 0.25) is 0 Å². The zero-order chi connectivity index (χ0) is 16.5. The van der Waals surface area contributed by atoms with Crippen LogP contribution in [0, 0.1) is 13.8 Å². The zero-order valence-electron chi connectivity index (χ0n) is 14.1. The molecule has 0 heterocycles. The first kappa shape index (κ1) is 14.7. The van der Waals surface area contributed by atoms with Crippen LogP contribution in [-0.2, 0) is 0 Å². The molecule has 4 aromatic rings. The van der Waals surface area contributed by atoms with Gasteiger partial charge in [-0.3, -0.25) is 0 Å². The second-order valence-corrected chi connectivity index (χ2v) is 6.45. The maximum Gasteiger partial charge on any atom is -0.00992 e. The van der Waals surface area contributed by atoms with Crippen LogP contribution in [0.4, 0.5) is 0 Å². The van der Waals surface area contributed by atoms with Gasteiger partial charge in [0.05, 0.1) is 0 Å². The molecule has 0 saturated carbocycles. The van der Waals surface area contributed by atoms with Gasteiger partial charge < -0.3 is 0 Å². The Kier molecular flexibility index (Phi) is 3.66. The van der Waals surface area contributed by atoms with E-state index < -0.39 is 0 Å². The molecule has 0 radical (unpaired) electrons. The van der Waals surface area contributed by atoms with Gasteiger partial charge in [0.25, 0.3) is 0 Å². The van der Waals surface area contributed by atoms with Crippen molar-refractivity contribution in [2.75, 3.05) is 0 Å². The van der Waals surface area contributed by atoms with Crippen molar-refractivity contribution < 1.29 is 0 Å². The fourth-order valence-electron chi connectivity index (χ4n) is 3.44. The maximum atomic E-state index is 2.26. The highest BCUT2D eigenvalue weighted by atomic mass is 14.1. The topological polar surface area (TPSA) is 0 Å². The van der Waals surface area contributed by atoms with E-state index in [1.807, 2.05) is 0 Å². The fraction of sp³-hybridized carbons (Fsp3) is 0.0833. The normalized spacial score (nSPS) is 10.9. The summed E-state index contributed by atoms with van der Waals surface area (Å²) in [6.45, 7) is 4.29. The smallest absolute Gasteiger partial charge is 0.00992 e. The summed E-state index contributed by atoms with van der Waals surface area (Å²) in [4.78, 5) is 0. The van der Waals surface area contributed by atoms with Gasteiger partial charge in [-0.1, -0.05) is 96.1 Å². The largest absolute Gasteiger partial charge is 0.0614 e. The van der Waals surface area contributed by atoms with Crippen molar-refractivity contribution in [3.63, 3.8) is 0 Å². The van der Waals surface area contributed by atoms with Crippen LogP contribution in [-0.4, -0.2) is 0 Å². The molecule has 0 aliphatic carbocycles. The lowest BCUT2D eigenvalue weighted by molar-refractivity contribution is 1.47. The third-order valence-corrected chi connectivity index (χ3v) is 4.58. The quantitative estimate of drug-likeness (QED) is 0.382. The average molecular weight is 308 g/mol. The minimum absolute atomic E-state index is 1.28. The molecule has 0 saturated heterocycles. The van der Waals surface area contributed by atoms with Crippen LogP contribution in [0.3, 0.4) is 0 Å². The second kappa shape index (κ2) is 5.98. The lowest BCUT2D eigenvalue weighted by Crippen LogP contribution is -1.86. The van der Waals surface area contributed by atoms with Gasteiger partial charge in [-0.2, -0.15) is 0 Å².